The van der Waals surface area contributed by atoms with E-state index in [1.807, 2.05) is 0 Å². The molecule has 6 nitrogen and oxygen atoms in total. The van der Waals surface area contributed by atoms with Crippen LogP contribution in [-0.2, 0) is 0 Å². The second-order valence-corrected chi connectivity index (χ2v) is 7.68. The summed E-state index contributed by atoms with van der Waals surface area (Å²) in [6, 6.07) is 25.9. The molecule has 0 heterocycles. The summed E-state index contributed by atoms with van der Waals surface area (Å²) in [6.45, 7) is 0. The van der Waals surface area contributed by atoms with Crippen LogP contribution in [0.3, 0.4) is 0 Å². The lowest BCUT2D eigenvalue weighted by Crippen LogP contribution is -2.63. The van der Waals surface area contributed by atoms with Crippen LogP contribution >= 0.6 is 0 Å². The summed E-state index contributed by atoms with van der Waals surface area (Å²) in [6.07, 6.45) is 0. The Hall–Kier alpha value is -3.71. The highest BCUT2D eigenvalue weighted by molar-refractivity contribution is 6.60. The summed E-state index contributed by atoms with van der Waals surface area (Å²) < 4.78 is 0. The molecule has 3 aromatic carbocycles. The average molecular weight is 389 g/mol. The first-order chi connectivity index (χ1) is 13.6. The zero-order chi connectivity index (χ0) is 19.8. The van der Waals surface area contributed by atoms with Crippen molar-refractivity contribution in [3.8, 4) is 0 Å². The summed E-state index contributed by atoms with van der Waals surface area (Å²) in [5.74, 6) is -1.09. The molecule has 3 N–H and O–H groups in total. The van der Waals surface area contributed by atoms with E-state index in [4.69, 9.17) is 0 Å². The van der Waals surface area contributed by atoms with E-state index in [9.17, 15) is 14.4 Å². The van der Waals surface area contributed by atoms with Crippen molar-refractivity contribution in [3.05, 3.63) is 108 Å². The summed E-state index contributed by atoms with van der Waals surface area (Å²) in [5, 5.41) is 0. The normalized spacial score (nSPS) is 10.2. The number of rotatable bonds is 6. The minimum Gasteiger partial charge on any atom is -0.347 e. The lowest BCUT2D eigenvalue weighted by molar-refractivity contribution is 0.0963. The third-order valence-electron chi connectivity index (χ3n) is 3.93. The molecular weight excluding hydrogens is 370 g/mol. The molecule has 0 saturated heterocycles. The molecule has 0 bridgehead atoms. The third-order valence-corrected chi connectivity index (χ3v) is 5.59. The average Bonchev–Trinajstić information content (AvgIpc) is 2.75. The van der Waals surface area contributed by atoms with Crippen molar-refractivity contribution < 1.29 is 14.4 Å². The van der Waals surface area contributed by atoms with Crippen molar-refractivity contribution in [2.75, 3.05) is 0 Å². The number of benzene rings is 3. The van der Waals surface area contributed by atoms with Gasteiger partial charge >= 0.3 is 9.28 Å². The fourth-order valence-electron chi connectivity index (χ4n) is 2.52. The van der Waals surface area contributed by atoms with Crippen LogP contribution in [0.2, 0.25) is 0 Å². The molecule has 0 saturated carbocycles. The van der Waals surface area contributed by atoms with Gasteiger partial charge in [-0.1, -0.05) is 54.6 Å². The van der Waals surface area contributed by atoms with Gasteiger partial charge in [-0.15, -0.1) is 0 Å². The molecule has 0 unspecified atom stereocenters. The number of hydrogen-bond donors (Lipinski definition) is 3. The van der Waals surface area contributed by atoms with E-state index in [0.717, 1.165) is 0 Å². The van der Waals surface area contributed by atoms with Crippen LogP contribution in [-0.4, -0.2) is 27.0 Å². The molecule has 7 heteroatoms. The van der Waals surface area contributed by atoms with E-state index in [-0.39, 0.29) is 17.7 Å². The van der Waals surface area contributed by atoms with Crippen LogP contribution in [0.1, 0.15) is 31.1 Å². The van der Waals surface area contributed by atoms with Gasteiger partial charge < -0.3 is 14.9 Å². The molecule has 3 amide bonds. The highest BCUT2D eigenvalue weighted by Gasteiger charge is 2.22. The van der Waals surface area contributed by atoms with Gasteiger partial charge in [-0.25, -0.2) is 0 Å². The Kier molecular flexibility index (Phi) is 6.32. The largest absolute Gasteiger partial charge is 0.363 e. The number of nitrogens with one attached hydrogen (secondary N) is 3. The van der Waals surface area contributed by atoms with Crippen LogP contribution in [0.5, 0.6) is 0 Å². The minimum absolute atomic E-state index is 0.362. The molecule has 28 heavy (non-hydrogen) atoms. The standard InChI is InChI=1S/C21H19N3O3Si/c25-19(16-10-4-1-5-11-16)22-28(23-20(26)17-12-6-2-7-13-17)24-21(27)18-14-8-3-9-15-18/h1-15,28H,(H,22,25)(H,23,26)(H,24,27). The molecule has 3 aromatic rings. The first kappa shape index (κ1) is 19.1. The second kappa shape index (κ2) is 9.29. The molecule has 0 aliphatic carbocycles. The Morgan fingerprint density at radius 1 is 0.464 bits per heavy atom. The number of amides is 3. The quantitative estimate of drug-likeness (QED) is 0.564. The van der Waals surface area contributed by atoms with Gasteiger partial charge in [0, 0.05) is 16.7 Å². The van der Waals surface area contributed by atoms with E-state index < -0.39 is 9.28 Å². The Labute approximate surface area is 164 Å². The van der Waals surface area contributed by atoms with Gasteiger partial charge in [0.05, 0.1) is 0 Å². The highest BCUT2D eigenvalue weighted by Crippen LogP contribution is 2.01. The van der Waals surface area contributed by atoms with Crippen LogP contribution in [0.15, 0.2) is 91.0 Å². The van der Waals surface area contributed by atoms with Gasteiger partial charge in [0.2, 0.25) is 17.7 Å². The van der Waals surface area contributed by atoms with E-state index in [1.54, 1.807) is 91.0 Å². The zero-order valence-electron chi connectivity index (χ0n) is 15.0. The van der Waals surface area contributed by atoms with Gasteiger partial charge in [-0.2, -0.15) is 0 Å². The first-order valence-corrected chi connectivity index (χ1v) is 10.4. The summed E-state index contributed by atoms with van der Waals surface area (Å²) in [5.41, 5.74) is 1.34. The molecule has 0 aliphatic heterocycles. The molecule has 0 fully saturated rings. The monoisotopic (exact) mass is 389 g/mol. The SMILES string of the molecule is O=C(N[SiH](NC(=O)c1ccccc1)NC(=O)c1ccccc1)c1ccccc1. The van der Waals surface area contributed by atoms with Gasteiger partial charge in [-0.3, -0.25) is 14.4 Å². The predicted molar refractivity (Wildman–Crippen MR) is 109 cm³/mol. The van der Waals surface area contributed by atoms with E-state index in [2.05, 4.69) is 14.9 Å². The van der Waals surface area contributed by atoms with Gasteiger partial charge in [0.15, 0.2) is 0 Å². The Balaban J connectivity index is 1.76. The summed E-state index contributed by atoms with van der Waals surface area (Å²) in [4.78, 5) is 45.8. The predicted octanol–water partition coefficient (Wildman–Crippen LogP) is 1.99. The van der Waals surface area contributed by atoms with Crippen LogP contribution < -0.4 is 14.9 Å². The first-order valence-electron chi connectivity index (χ1n) is 8.71. The van der Waals surface area contributed by atoms with Crippen molar-refractivity contribution in [1.29, 1.82) is 0 Å². The number of hydrogen-bond acceptors (Lipinski definition) is 3. The Morgan fingerprint density at radius 3 is 0.964 bits per heavy atom. The molecule has 0 radical (unpaired) electrons. The maximum atomic E-state index is 12.5. The van der Waals surface area contributed by atoms with E-state index in [1.165, 1.54) is 0 Å². The lowest BCUT2D eigenvalue weighted by Gasteiger charge is -2.19. The third kappa shape index (κ3) is 5.15. The maximum absolute atomic E-state index is 12.5. The van der Waals surface area contributed by atoms with E-state index in [0.29, 0.717) is 16.7 Å². The van der Waals surface area contributed by atoms with Gasteiger partial charge in [0.1, 0.15) is 0 Å². The maximum Gasteiger partial charge on any atom is 0.363 e. The Bertz CT molecular complexity index is 823. The molecule has 3 rings (SSSR count). The van der Waals surface area contributed by atoms with Gasteiger partial charge in [-0.05, 0) is 36.4 Å². The molecule has 0 atom stereocenters. The van der Waals surface area contributed by atoms with Crippen molar-refractivity contribution in [2.24, 2.45) is 0 Å². The fraction of sp³-hybridized carbons (Fsp3) is 0. The van der Waals surface area contributed by atoms with Crippen molar-refractivity contribution >= 4 is 27.0 Å². The zero-order valence-corrected chi connectivity index (χ0v) is 16.1. The van der Waals surface area contributed by atoms with Gasteiger partial charge in [0.25, 0.3) is 0 Å². The molecule has 0 aromatic heterocycles. The minimum atomic E-state index is -2.72. The van der Waals surface area contributed by atoms with Crippen molar-refractivity contribution in [2.45, 2.75) is 0 Å². The summed E-state index contributed by atoms with van der Waals surface area (Å²) in [7, 11) is -2.72. The summed E-state index contributed by atoms with van der Waals surface area (Å²) >= 11 is 0. The number of carbonyl (C=O) groups is 3. The lowest BCUT2D eigenvalue weighted by atomic mass is 10.2. The van der Waals surface area contributed by atoms with Crippen LogP contribution in [0, 0.1) is 0 Å². The second-order valence-electron chi connectivity index (χ2n) is 5.95. The highest BCUT2D eigenvalue weighted by atomic mass is 28.3. The van der Waals surface area contributed by atoms with Crippen LogP contribution in [0.4, 0.5) is 0 Å². The number of carbonyl (C=O) groups excluding carboxylic acids is 3. The smallest absolute Gasteiger partial charge is 0.347 e. The molecular formula is C21H19N3O3Si. The van der Waals surface area contributed by atoms with E-state index >= 15 is 0 Å². The van der Waals surface area contributed by atoms with Crippen molar-refractivity contribution in [3.63, 3.8) is 0 Å². The van der Waals surface area contributed by atoms with Crippen molar-refractivity contribution in [1.82, 2.24) is 14.9 Å². The van der Waals surface area contributed by atoms with Crippen LogP contribution in [0.25, 0.3) is 0 Å². The molecule has 0 spiro atoms. The molecule has 0 aliphatic rings. The Morgan fingerprint density at radius 2 is 0.714 bits per heavy atom. The fourth-order valence-corrected chi connectivity index (χ4v) is 4.02. The topological polar surface area (TPSA) is 87.3 Å². The molecule has 140 valence electrons.